The Labute approximate surface area is 450 Å². The second kappa shape index (κ2) is 18.4. The highest BCUT2D eigenvalue weighted by molar-refractivity contribution is 6.09. The molecule has 0 saturated carbocycles. The third kappa shape index (κ3) is 9.46. The summed E-state index contributed by atoms with van der Waals surface area (Å²) in [5.74, 6) is 2.17. The van der Waals surface area contributed by atoms with E-state index >= 15 is 0 Å². The molecule has 0 amide bonds. The Morgan fingerprint density at radius 3 is 1.89 bits per heavy atom. The maximum absolute atomic E-state index is 9.16. The number of imidazole rings is 1. The van der Waals surface area contributed by atoms with Gasteiger partial charge in [-0.15, -0.1) is 0 Å². The predicted octanol–water partition coefficient (Wildman–Crippen LogP) is 18.2. The summed E-state index contributed by atoms with van der Waals surface area (Å²) in [4.78, 5) is 4.91. The number of nitrogens with zero attached hydrogens (tertiary/aromatic N) is 4. The molecule has 0 radical (unpaired) electrons. The van der Waals surface area contributed by atoms with Gasteiger partial charge in [0.2, 0.25) is 0 Å². The third-order valence-corrected chi connectivity index (χ3v) is 14.5. The molecule has 0 bridgehead atoms. The predicted molar refractivity (Wildman–Crippen MR) is 313 cm³/mol. The van der Waals surface area contributed by atoms with E-state index in [1.165, 1.54) is 11.1 Å². The van der Waals surface area contributed by atoms with Crippen LogP contribution in [0.2, 0.25) is 0 Å². The quantitative estimate of drug-likeness (QED) is 0.112. The van der Waals surface area contributed by atoms with Gasteiger partial charge in [-0.25, -0.2) is 4.98 Å². The number of ether oxygens (including phenoxy) is 1. The van der Waals surface area contributed by atoms with Crippen LogP contribution in [0.1, 0.15) is 112 Å². The molecule has 0 aliphatic carbocycles. The van der Waals surface area contributed by atoms with Crippen molar-refractivity contribution in [3.63, 3.8) is 0 Å². The van der Waals surface area contributed by atoms with E-state index in [1.807, 2.05) is 36.5 Å². The molecule has 0 N–H and O–H groups in total. The van der Waals surface area contributed by atoms with Gasteiger partial charge in [0.15, 0.2) is 0 Å². The van der Waals surface area contributed by atoms with Crippen molar-refractivity contribution in [2.24, 2.45) is 0 Å². The molecule has 11 aromatic rings. The Morgan fingerprint density at radius 2 is 1.16 bits per heavy atom. The van der Waals surface area contributed by atoms with E-state index in [0.717, 1.165) is 83.4 Å². The first kappa shape index (κ1) is 43.4. The molecule has 11 rings (SSSR count). The van der Waals surface area contributed by atoms with E-state index in [2.05, 4.69) is 231 Å². The Balaban J connectivity index is 1.13. The molecule has 0 fully saturated rings. The molecule has 3 heterocycles. The minimum atomic E-state index is -0.523. The topological polar surface area (TPSA) is 35.9 Å². The number of para-hydroxylation sites is 1. The molecule has 0 aliphatic rings. The maximum atomic E-state index is 9.16. The Hall–Kier alpha value is -8.02. The zero-order chi connectivity index (χ0) is 57.0. The lowest BCUT2D eigenvalue weighted by atomic mass is 9.80. The summed E-state index contributed by atoms with van der Waals surface area (Å²) in [5, 5.41) is 2.24. The summed E-state index contributed by atoms with van der Waals surface area (Å²) in [5.41, 5.74) is 13.8. The van der Waals surface area contributed by atoms with Crippen molar-refractivity contribution in [2.75, 3.05) is 0 Å². The smallest absolute Gasteiger partial charge is 0.269 e. The second-order valence-electron chi connectivity index (χ2n) is 24.1. The minimum absolute atomic E-state index is 0.00282. The summed E-state index contributed by atoms with van der Waals surface area (Å²) in [7, 11) is 0. The van der Waals surface area contributed by atoms with E-state index in [0.29, 0.717) is 17.1 Å². The van der Waals surface area contributed by atoms with E-state index in [4.69, 9.17) is 16.6 Å². The number of aromatic nitrogens is 4. The molecule has 3 aromatic heterocycles. The van der Waals surface area contributed by atoms with Crippen LogP contribution in [-0.2, 0) is 21.7 Å². The summed E-state index contributed by atoms with van der Waals surface area (Å²) < 4.78 is 57.6. The van der Waals surface area contributed by atoms with Crippen LogP contribution < -0.4 is 9.30 Å². The zero-order valence-corrected chi connectivity index (χ0v) is 45.3. The molecule has 8 aromatic carbocycles. The highest BCUT2D eigenvalue weighted by Gasteiger charge is 2.28. The van der Waals surface area contributed by atoms with Crippen molar-refractivity contribution in [1.29, 1.82) is 0 Å². The molecule has 5 nitrogen and oxygen atoms in total. The van der Waals surface area contributed by atoms with Crippen LogP contribution in [0.4, 0.5) is 0 Å². The normalized spacial score (nSPS) is 13.5. The van der Waals surface area contributed by atoms with Gasteiger partial charge in [-0.3, -0.25) is 13.7 Å². The molecule has 374 valence electrons. The van der Waals surface area contributed by atoms with Crippen molar-refractivity contribution in [1.82, 2.24) is 14.1 Å². The molecule has 5 heteroatoms. The standard InChI is InChI=1S/C70H68N4O/c1-67(2,3)51-31-28-47(29-32-51)48-30-35-62-64(41-48)72(45-73(62)66-59(49-22-18-23-52(38-49)68(4,5)6)39-50(40-60(66)70(10,11)12)46-20-14-13-15-21-46)54-24-19-25-55(43-54)75-56-33-34-58-57-26-16-17-27-61(57)74(63(58)44-56)65-42-53(36-37-71-65)69(7,8)9/h13-44H,1-12H3/i13D,14D,15D,20D,21D. The van der Waals surface area contributed by atoms with Crippen LogP contribution in [0.25, 0.3) is 83.4 Å². The van der Waals surface area contributed by atoms with E-state index in [1.54, 1.807) is 0 Å². The first-order valence-electron chi connectivity index (χ1n) is 28.5. The highest BCUT2D eigenvalue weighted by atomic mass is 16.5. The van der Waals surface area contributed by atoms with Crippen LogP contribution in [0.5, 0.6) is 11.5 Å². The number of hydrogen-bond donors (Lipinski definition) is 0. The van der Waals surface area contributed by atoms with Gasteiger partial charge < -0.3 is 4.74 Å². The largest absolute Gasteiger partial charge is 0.458 e. The number of fused-ring (bicyclic) bond motifs is 4. The molecular formula is C70H68N4O. The summed E-state index contributed by atoms with van der Waals surface area (Å²) >= 11 is 0. The summed E-state index contributed by atoms with van der Waals surface area (Å²) in [6, 6.07) is 53.4. The van der Waals surface area contributed by atoms with E-state index < -0.39 is 11.5 Å². The van der Waals surface area contributed by atoms with Gasteiger partial charge in [-0.2, -0.15) is 0 Å². The van der Waals surface area contributed by atoms with Crippen LogP contribution in [0, 0.1) is 6.33 Å². The Bertz CT molecular complexity index is 4230. The van der Waals surface area contributed by atoms with Crippen LogP contribution >= 0.6 is 0 Å². The molecule has 0 unspecified atom stereocenters. The average molecular weight is 986 g/mol. The van der Waals surface area contributed by atoms with Gasteiger partial charge in [0, 0.05) is 23.0 Å². The summed E-state index contributed by atoms with van der Waals surface area (Å²) in [6.45, 7) is 26.4. The number of hydrogen-bond acceptors (Lipinski definition) is 2. The lowest BCUT2D eigenvalue weighted by Crippen LogP contribution is -2.35. The third-order valence-electron chi connectivity index (χ3n) is 14.5. The summed E-state index contributed by atoms with van der Waals surface area (Å²) in [6.07, 6.45) is 5.78. The average Bonchev–Trinajstić information content (AvgIpc) is 3.98. The van der Waals surface area contributed by atoms with E-state index in [-0.39, 0.29) is 46.0 Å². The van der Waals surface area contributed by atoms with Crippen LogP contribution in [-0.4, -0.2) is 14.1 Å². The fourth-order valence-corrected chi connectivity index (χ4v) is 10.3. The number of benzene rings is 8. The number of pyridine rings is 1. The van der Waals surface area contributed by atoms with Gasteiger partial charge >= 0.3 is 0 Å². The maximum Gasteiger partial charge on any atom is 0.269 e. The lowest BCUT2D eigenvalue weighted by Gasteiger charge is -2.28. The fraction of sp³-hybridized carbons (Fsp3) is 0.229. The van der Waals surface area contributed by atoms with Crippen molar-refractivity contribution in [3.8, 4) is 62.1 Å². The van der Waals surface area contributed by atoms with Crippen molar-refractivity contribution in [2.45, 2.75) is 105 Å². The first-order chi connectivity index (χ1) is 37.8. The Morgan fingerprint density at radius 1 is 0.480 bits per heavy atom. The lowest BCUT2D eigenvalue weighted by molar-refractivity contribution is -0.572. The molecule has 0 saturated heterocycles. The monoisotopic (exact) mass is 986 g/mol. The van der Waals surface area contributed by atoms with Gasteiger partial charge in [-0.05, 0) is 138 Å². The van der Waals surface area contributed by atoms with Crippen molar-refractivity contribution in [3.05, 3.63) is 223 Å². The van der Waals surface area contributed by atoms with Gasteiger partial charge in [0.1, 0.15) is 17.3 Å². The first-order valence-corrected chi connectivity index (χ1v) is 26.0. The zero-order valence-electron chi connectivity index (χ0n) is 50.3. The van der Waals surface area contributed by atoms with Gasteiger partial charge in [0.05, 0.1) is 40.3 Å². The van der Waals surface area contributed by atoms with Gasteiger partial charge in [-0.1, -0.05) is 204 Å². The van der Waals surface area contributed by atoms with E-state index in [9.17, 15) is 0 Å². The van der Waals surface area contributed by atoms with Crippen LogP contribution in [0.15, 0.2) is 194 Å². The highest BCUT2D eigenvalue weighted by Crippen LogP contribution is 2.42. The SMILES string of the molecule is [2H]c1c([2H])c([2H])c(-c2cc(-c3cccc(C(C)(C)C)c3)c(-[n+]3[c-]n(-c4cccc(Oc5ccc6c7ccccc7n(-c7cc(C(C)(C)C)ccn7)c6c5)c4)c4cc(-c5ccc(C(C)(C)C)cc5)ccc43)c(C(C)(C)C)c2)c([2H])c1[2H]. The second-order valence-corrected chi connectivity index (χ2v) is 24.1. The van der Waals surface area contributed by atoms with Crippen molar-refractivity contribution < 1.29 is 16.2 Å². The Kier molecular flexibility index (Phi) is 10.7. The van der Waals surface area contributed by atoms with Gasteiger partial charge in [0.25, 0.3) is 6.33 Å². The minimum Gasteiger partial charge on any atom is -0.458 e. The number of rotatable bonds is 8. The fourth-order valence-electron chi connectivity index (χ4n) is 10.3. The molecular weight excluding hydrogens is 913 g/mol. The molecule has 0 atom stereocenters. The van der Waals surface area contributed by atoms with Crippen LogP contribution in [0.3, 0.4) is 0 Å². The van der Waals surface area contributed by atoms with Crippen molar-refractivity contribution >= 4 is 32.8 Å². The molecule has 0 spiro atoms. The molecule has 0 aliphatic heterocycles. The molecule has 75 heavy (non-hydrogen) atoms.